The topological polar surface area (TPSA) is 75.1 Å². The number of nitrogens with zero attached hydrogens (tertiary/aromatic N) is 2. The van der Waals surface area contributed by atoms with Gasteiger partial charge in [0.15, 0.2) is 0 Å². The molecule has 0 unspecified atom stereocenters. The molecular formula is C21H19F2N3O2S. The van der Waals surface area contributed by atoms with Gasteiger partial charge in [0.05, 0.1) is 23.6 Å². The molecule has 1 amide bonds. The van der Waals surface area contributed by atoms with E-state index in [4.69, 9.17) is 0 Å². The van der Waals surface area contributed by atoms with E-state index in [-0.39, 0.29) is 28.3 Å². The smallest absolute Gasteiger partial charge is 0.275 e. The van der Waals surface area contributed by atoms with E-state index in [0.717, 1.165) is 54.7 Å². The lowest BCUT2D eigenvalue weighted by Crippen LogP contribution is -2.19. The summed E-state index contributed by atoms with van der Waals surface area (Å²) < 4.78 is 28.0. The lowest BCUT2D eigenvalue weighted by atomic mass is 9.82. The average molecular weight is 415 g/mol. The van der Waals surface area contributed by atoms with Crippen LogP contribution in [0.2, 0.25) is 0 Å². The Hall–Kier alpha value is -2.71. The van der Waals surface area contributed by atoms with Crippen molar-refractivity contribution in [3.05, 3.63) is 64.9 Å². The van der Waals surface area contributed by atoms with Gasteiger partial charge >= 0.3 is 0 Å². The standard InChI is InChI=1S/C21H19F2N3O2S/c22-15-2-1-3-16(23)19(15)21-26-18(11-29-21)20(28)25-17-10-24-9-8-14(17)12-4-6-13(27)7-5-12/h1-3,8-13,27H,4-7H2,(H,25,28). The molecule has 0 saturated heterocycles. The molecule has 1 aromatic carbocycles. The average Bonchev–Trinajstić information content (AvgIpc) is 3.19. The van der Waals surface area contributed by atoms with Gasteiger partial charge in [-0.1, -0.05) is 6.07 Å². The second-order valence-corrected chi connectivity index (χ2v) is 7.92. The van der Waals surface area contributed by atoms with E-state index in [0.29, 0.717) is 5.69 Å². The highest BCUT2D eigenvalue weighted by Crippen LogP contribution is 2.36. The number of carbonyl (C=O) groups excluding carboxylic acids is 1. The number of pyridine rings is 1. The first-order chi connectivity index (χ1) is 14.0. The van der Waals surface area contributed by atoms with E-state index < -0.39 is 17.5 Å². The number of aliphatic hydroxyl groups is 1. The molecule has 0 spiro atoms. The Balaban J connectivity index is 1.55. The Morgan fingerprint density at radius 2 is 1.86 bits per heavy atom. The summed E-state index contributed by atoms with van der Waals surface area (Å²) in [6, 6.07) is 5.47. The molecule has 8 heteroatoms. The van der Waals surface area contributed by atoms with Gasteiger partial charge in [-0.05, 0) is 55.4 Å². The first kappa shape index (κ1) is 19.6. The predicted octanol–water partition coefficient (Wildman–Crippen LogP) is 4.75. The molecule has 3 aromatic rings. The number of rotatable bonds is 4. The molecule has 4 rings (SSSR count). The van der Waals surface area contributed by atoms with Gasteiger partial charge in [0.2, 0.25) is 0 Å². The molecular weight excluding hydrogens is 396 g/mol. The summed E-state index contributed by atoms with van der Waals surface area (Å²) in [6.07, 6.45) is 6.12. The van der Waals surface area contributed by atoms with Crippen LogP contribution in [0, 0.1) is 11.6 Å². The maximum atomic E-state index is 14.0. The molecule has 0 radical (unpaired) electrons. The summed E-state index contributed by atoms with van der Waals surface area (Å²) >= 11 is 1.01. The largest absolute Gasteiger partial charge is 0.393 e. The molecule has 5 nitrogen and oxygen atoms in total. The van der Waals surface area contributed by atoms with E-state index in [1.165, 1.54) is 11.4 Å². The van der Waals surface area contributed by atoms with Crippen molar-refractivity contribution in [1.29, 1.82) is 0 Å². The lowest BCUT2D eigenvalue weighted by Gasteiger charge is -2.27. The van der Waals surface area contributed by atoms with Crippen molar-refractivity contribution in [3.63, 3.8) is 0 Å². The first-order valence-electron chi connectivity index (χ1n) is 9.36. The van der Waals surface area contributed by atoms with E-state index in [1.807, 2.05) is 6.07 Å². The summed E-state index contributed by atoms with van der Waals surface area (Å²) in [5.74, 6) is -1.68. The highest BCUT2D eigenvalue weighted by molar-refractivity contribution is 7.13. The molecule has 0 bridgehead atoms. The molecule has 2 heterocycles. The zero-order valence-electron chi connectivity index (χ0n) is 15.4. The Bertz CT molecular complexity index is 1010. The SMILES string of the molecule is O=C(Nc1cnccc1C1CCC(O)CC1)c1csc(-c2c(F)cccc2F)n1. The maximum absolute atomic E-state index is 14.0. The monoisotopic (exact) mass is 415 g/mol. The number of benzene rings is 1. The molecule has 1 aliphatic carbocycles. The van der Waals surface area contributed by atoms with Crippen molar-refractivity contribution in [2.75, 3.05) is 5.32 Å². The number of nitrogens with one attached hydrogen (secondary N) is 1. The van der Waals surface area contributed by atoms with Gasteiger partial charge in [-0.3, -0.25) is 9.78 Å². The van der Waals surface area contributed by atoms with E-state index in [1.54, 1.807) is 12.4 Å². The van der Waals surface area contributed by atoms with Crippen molar-refractivity contribution in [1.82, 2.24) is 9.97 Å². The molecule has 29 heavy (non-hydrogen) atoms. The molecule has 2 N–H and O–H groups in total. The van der Waals surface area contributed by atoms with Crippen LogP contribution in [0.5, 0.6) is 0 Å². The summed E-state index contributed by atoms with van der Waals surface area (Å²) in [5.41, 5.74) is 1.40. The molecule has 150 valence electrons. The number of anilines is 1. The highest BCUT2D eigenvalue weighted by Gasteiger charge is 2.24. The normalized spacial score (nSPS) is 19.1. The number of amides is 1. The van der Waals surface area contributed by atoms with Crippen LogP contribution in [0.3, 0.4) is 0 Å². The van der Waals surface area contributed by atoms with Crippen molar-refractivity contribution >= 4 is 22.9 Å². The molecule has 0 aliphatic heterocycles. The van der Waals surface area contributed by atoms with Gasteiger partial charge in [-0.15, -0.1) is 11.3 Å². The lowest BCUT2D eigenvalue weighted by molar-refractivity contribution is 0.102. The number of aliphatic hydroxyl groups excluding tert-OH is 1. The van der Waals surface area contributed by atoms with Crippen molar-refractivity contribution < 1.29 is 18.7 Å². The minimum absolute atomic E-state index is 0.0847. The number of thiazole rings is 1. The fourth-order valence-electron chi connectivity index (χ4n) is 3.63. The summed E-state index contributed by atoms with van der Waals surface area (Å²) in [6.45, 7) is 0. The maximum Gasteiger partial charge on any atom is 0.275 e. The molecule has 2 aromatic heterocycles. The number of carbonyl (C=O) groups is 1. The zero-order valence-corrected chi connectivity index (χ0v) is 16.3. The number of aromatic nitrogens is 2. The Labute approximate surface area is 170 Å². The van der Waals surface area contributed by atoms with Crippen LogP contribution in [0.1, 0.15) is 47.7 Å². The highest BCUT2D eigenvalue weighted by atomic mass is 32.1. The fourth-order valence-corrected chi connectivity index (χ4v) is 4.48. The van der Waals surface area contributed by atoms with Gasteiger partial charge < -0.3 is 10.4 Å². The fraction of sp³-hybridized carbons (Fsp3) is 0.286. The van der Waals surface area contributed by atoms with E-state index in [2.05, 4.69) is 15.3 Å². The molecule has 0 atom stereocenters. The first-order valence-corrected chi connectivity index (χ1v) is 10.2. The summed E-state index contributed by atoms with van der Waals surface area (Å²) in [4.78, 5) is 20.9. The van der Waals surface area contributed by atoms with Gasteiger partial charge in [-0.2, -0.15) is 0 Å². The number of halogens is 2. The van der Waals surface area contributed by atoms with Crippen LogP contribution in [0.4, 0.5) is 14.5 Å². The Morgan fingerprint density at radius 3 is 2.59 bits per heavy atom. The third kappa shape index (κ3) is 4.18. The van der Waals surface area contributed by atoms with Gasteiger partial charge in [0, 0.05) is 11.6 Å². The Morgan fingerprint density at radius 1 is 1.14 bits per heavy atom. The minimum Gasteiger partial charge on any atom is -0.393 e. The van der Waals surface area contributed by atoms with Crippen LogP contribution in [-0.2, 0) is 0 Å². The van der Waals surface area contributed by atoms with Crippen LogP contribution < -0.4 is 5.32 Å². The van der Waals surface area contributed by atoms with Crippen LogP contribution in [-0.4, -0.2) is 27.1 Å². The predicted molar refractivity (Wildman–Crippen MR) is 107 cm³/mol. The third-order valence-corrected chi connectivity index (χ3v) is 6.01. The zero-order chi connectivity index (χ0) is 20.4. The van der Waals surface area contributed by atoms with Crippen molar-refractivity contribution in [2.24, 2.45) is 0 Å². The Kier molecular flexibility index (Phi) is 5.64. The third-order valence-electron chi connectivity index (χ3n) is 5.15. The molecule has 1 saturated carbocycles. The van der Waals surface area contributed by atoms with Crippen LogP contribution in [0.15, 0.2) is 42.0 Å². The number of hydrogen-bond acceptors (Lipinski definition) is 5. The van der Waals surface area contributed by atoms with Crippen LogP contribution >= 0.6 is 11.3 Å². The van der Waals surface area contributed by atoms with E-state index in [9.17, 15) is 18.7 Å². The minimum atomic E-state index is -0.722. The van der Waals surface area contributed by atoms with Gasteiger partial charge in [0.25, 0.3) is 5.91 Å². The summed E-state index contributed by atoms with van der Waals surface area (Å²) in [7, 11) is 0. The van der Waals surface area contributed by atoms with Crippen LogP contribution in [0.25, 0.3) is 10.6 Å². The number of hydrogen-bond donors (Lipinski definition) is 2. The quantitative estimate of drug-likeness (QED) is 0.645. The second kappa shape index (κ2) is 8.34. The van der Waals surface area contributed by atoms with Gasteiger partial charge in [0.1, 0.15) is 22.3 Å². The summed E-state index contributed by atoms with van der Waals surface area (Å²) in [5, 5.41) is 14.1. The van der Waals surface area contributed by atoms with Gasteiger partial charge in [-0.25, -0.2) is 13.8 Å². The van der Waals surface area contributed by atoms with Crippen molar-refractivity contribution in [2.45, 2.75) is 37.7 Å². The second-order valence-electron chi connectivity index (χ2n) is 7.06. The molecule has 1 aliphatic rings. The molecule has 1 fully saturated rings. The van der Waals surface area contributed by atoms with E-state index >= 15 is 0 Å². The van der Waals surface area contributed by atoms with Crippen molar-refractivity contribution in [3.8, 4) is 10.6 Å².